The second-order valence-electron chi connectivity index (χ2n) is 3.68. The molecule has 19 heavy (non-hydrogen) atoms. The van der Waals surface area contributed by atoms with E-state index < -0.39 is 0 Å². The van der Waals surface area contributed by atoms with E-state index in [1.165, 1.54) is 17.5 Å². The first-order valence-corrected chi connectivity index (χ1v) is 6.57. The molecule has 0 unspecified atom stereocenters. The van der Waals surface area contributed by atoms with Gasteiger partial charge in [0, 0.05) is 17.7 Å². The zero-order chi connectivity index (χ0) is 13.5. The highest BCUT2D eigenvalue weighted by Crippen LogP contribution is 2.13. The van der Waals surface area contributed by atoms with Gasteiger partial charge in [0.15, 0.2) is 0 Å². The zero-order valence-corrected chi connectivity index (χ0v) is 10.9. The van der Waals surface area contributed by atoms with Crippen LogP contribution in [0.1, 0.15) is 21.7 Å². The van der Waals surface area contributed by atoms with Crippen LogP contribution >= 0.6 is 11.3 Å². The highest BCUT2D eigenvalue weighted by molar-refractivity contribution is 7.11. The fourth-order valence-electron chi connectivity index (χ4n) is 1.42. The Hall–Kier alpha value is -2.16. The molecular formula is C14H12N2O2S. The third-order valence-corrected chi connectivity index (χ3v) is 3.02. The van der Waals surface area contributed by atoms with E-state index in [1.807, 2.05) is 12.1 Å². The summed E-state index contributed by atoms with van der Waals surface area (Å²) in [5.41, 5.74) is 3.11. The van der Waals surface area contributed by atoms with Crippen molar-refractivity contribution >= 4 is 22.9 Å². The topological polar surface area (TPSA) is 62.2 Å². The van der Waals surface area contributed by atoms with Gasteiger partial charge in [-0.2, -0.15) is 0 Å². The molecule has 0 atom stereocenters. The maximum absolute atomic E-state index is 11.8. The van der Waals surface area contributed by atoms with Gasteiger partial charge in [-0.1, -0.05) is 17.9 Å². The first-order chi connectivity index (χ1) is 9.29. The summed E-state index contributed by atoms with van der Waals surface area (Å²) in [6, 6.07) is 7.28. The van der Waals surface area contributed by atoms with Crippen molar-refractivity contribution < 1.29 is 9.90 Å². The normalized spacial score (nSPS) is 9.53. The minimum atomic E-state index is -0.178. The molecule has 0 saturated carbocycles. The number of aliphatic hydroxyl groups is 1. The SMILES string of the molecule is O=C(Nc1cccc(C#CCCO)c1)c1cncs1. The molecule has 1 heterocycles. The van der Waals surface area contributed by atoms with Crippen LogP contribution < -0.4 is 5.32 Å². The quantitative estimate of drug-likeness (QED) is 0.841. The lowest BCUT2D eigenvalue weighted by Crippen LogP contribution is -2.10. The van der Waals surface area contributed by atoms with Crippen LogP contribution in [0, 0.1) is 11.8 Å². The molecule has 5 heteroatoms. The molecule has 2 N–H and O–H groups in total. The number of hydrogen-bond acceptors (Lipinski definition) is 4. The van der Waals surface area contributed by atoms with Gasteiger partial charge in [0.1, 0.15) is 4.88 Å². The minimum Gasteiger partial charge on any atom is -0.395 e. The van der Waals surface area contributed by atoms with Crippen LogP contribution in [0.2, 0.25) is 0 Å². The van der Waals surface area contributed by atoms with E-state index >= 15 is 0 Å². The van der Waals surface area contributed by atoms with E-state index in [2.05, 4.69) is 22.1 Å². The number of aromatic nitrogens is 1. The fraction of sp³-hybridized carbons (Fsp3) is 0.143. The van der Waals surface area contributed by atoms with Crippen molar-refractivity contribution in [2.75, 3.05) is 11.9 Å². The van der Waals surface area contributed by atoms with Gasteiger partial charge in [-0.05, 0) is 18.2 Å². The number of anilines is 1. The Morgan fingerprint density at radius 3 is 3.11 bits per heavy atom. The van der Waals surface area contributed by atoms with E-state index in [9.17, 15) is 4.79 Å². The molecule has 1 amide bonds. The number of nitrogens with one attached hydrogen (secondary N) is 1. The smallest absolute Gasteiger partial charge is 0.267 e. The maximum Gasteiger partial charge on any atom is 0.267 e. The average Bonchev–Trinajstić information content (AvgIpc) is 2.93. The lowest BCUT2D eigenvalue weighted by atomic mass is 10.2. The first kappa shape index (κ1) is 13.3. The summed E-state index contributed by atoms with van der Waals surface area (Å²) in [6.45, 7) is 0.0504. The van der Waals surface area contributed by atoms with Crippen molar-refractivity contribution in [3.63, 3.8) is 0 Å². The summed E-state index contributed by atoms with van der Waals surface area (Å²) in [6.07, 6.45) is 1.97. The van der Waals surface area contributed by atoms with E-state index in [-0.39, 0.29) is 12.5 Å². The third-order valence-electron chi connectivity index (χ3n) is 2.25. The van der Waals surface area contributed by atoms with Crippen molar-refractivity contribution in [2.24, 2.45) is 0 Å². The van der Waals surface area contributed by atoms with Gasteiger partial charge in [0.25, 0.3) is 5.91 Å². The Balaban J connectivity index is 2.07. The number of nitrogens with zero attached hydrogens (tertiary/aromatic N) is 1. The maximum atomic E-state index is 11.8. The van der Waals surface area contributed by atoms with Gasteiger partial charge in [0.05, 0.1) is 18.3 Å². The zero-order valence-electron chi connectivity index (χ0n) is 10.1. The van der Waals surface area contributed by atoms with Crippen LogP contribution in [0.4, 0.5) is 5.69 Å². The van der Waals surface area contributed by atoms with Crippen molar-refractivity contribution in [1.29, 1.82) is 0 Å². The van der Waals surface area contributed by atoms with Gasteiger partial charge in [-0.15, -0.1) is 11.3 Å². The highest BCUT2D eigenvalue weighted by atomic mass is 32.1. The Bertz CT molecular complexity index is 612. The number of rotatable bonds is 3. The second kappa shape index (κ2) is 6.69. The van der Waals surface area contributed by atoms with E-state index in [0.717, 1.165) is 5.56 Å². The molecule has 1 aromatic heterocycles. The van der Waals surface area contributed by atoms with Crippen LogP contribution in [0.25, 0.3) is 0 Å². The summed E-state index contributed by atoms with van der Waals surface area (Å²) in [4.78, 5) is 16.3. The number of aliphatic hydroxyl groups excluding tert-OH is 1. The molecular weight excluding hydrogens is 260 g/mol. The number of hydrogen-bond donors (Lipinski definition) is 2. The van der Waals surface area contributed by atoms with Gasteiger partial charge < -0.3 is 10.4 Å². The molecule has 96 valence electrons. The molecule has 0 radical (unpaired) electrons. The fourth-order valence-corrected chi connectivity index (χ4v) is 1.93. The van der Waals surface area contributed by atoms with Crippen molar-refractivity contribution in [3.05, 3.63) is 46.4 Å². The highest BCUT2D eigenvalue weighted by Gasteiger charge is 2.07. The average molecular weight is 272 g/mol. The molecule has 0 fully saturated rings. The number of benzene rings is 1. The summed E-state index contributed by atoms with van der Waals surface area (Å²) in [7, 11) is 0. The first-order valence-electron chi connectivity index (χ1n) is 5.69. The van der Waals surface area contributed by atoms with Crippen molar-refractivity contribution in [2.45, 2.75) is 6.42 Å². The molecule has 0 aliphatic rings. The van der Waals surface area contributed by atoms with Crippen LogP contribution in [0.5, 0.6) is 0 Å². The molecule has 1 aromatic carbocycles. The minimum absolute atomic E-state index is 0.0504. The number of carbonyl (C=O) groups excluding carboxylic acids is 1. The van der Waals surface area contributed by atoms with Gasteiger partial charge in [-0.3, -0.25) is 9.78 Å². The van der Waals surface area contributed by atoms with Crippen LogP contribution in [0.15, 0.2) is 36.0 Å². The number of thiazole rings is 1. The summed E-state index contributed by atoms with van der Waals surface area (Å²) >= 11 is 1.29. The lowest BCUT2D eigenvalue weighted by Gasteiger charge is -2.03. The monoisotopic (exact) mass is 272 g/mol. The standard InChI is InChI=1S/C14H12N2O2S/c17-7-2-1-4-11-5-3-6-12(8-11)16-14(18)13-9-15-10-19-13/h3,5-6,8-10,17H,2,7H2,(H,16,18). The number of carbonyl (C=O) groups is 1. The van der Waals surface area contributed by atoms with E-state index in [1.54, 1.807) is 17.6 Å². The van der Waals surface area contributed by atoms with Crippen molar-refractivity contribution in [3.8, 4) is 11.8 Å². The number of amides is 1. The van der Waals surface area contributed by atoms with Crippen LogP contribution in [-0.4, -0.2) is 22.6 Å². The third kappa shape index (κ3) is 3.91. The molecule has 0 spiro atoms. The molecule has 2 rings (SSSR count). The molecule has 2 aromatic rings. The van der Waals surface area contributed by atoms with E-state index in [4.69, 9.17) is 5.11 Å². The van der Waals surface area contributed by atoms with Gasteiger partial charge in [-0.25, -0.2) is 0 Å². The molecule has 4 nitrogen and oxygen atoms in total. The largest absolute Gasteiger partial charge is 0.395 e. The molecule has 0 aliphatic carbocycles. The Morgan fingerprint density at radius 1 is 1.47 bits per heavy atom. The lowest BCUT2D eigenvalue weighted by molar-refractivity contribution is 0.103. The Labute approximate surface area is 115 Å². The Morgan fingerprint density at radius 2 is 2.37 bits per heavy atom. The second-order valence-corrected chi connectivity index (χ2v) is 4.56. The summed E-state index contributed by atoms with van der Waals surface area (Å²) < 4.78 is 0. The van der Waals surface area contributed by atoms with Gasteiger partial charge >= 0.3 is 0 Å². The van der Waals surface area contributed by atoms with Crippen LogP contribution in [0.3, 0.4) is 0 Å². The molecule has 0 bridgehead atoms. The van der Waals surface area contributed by atoms with Crippen molar-refractivity contribution in [1.82, 2.24) is 4.98 Å². The van der Waals surface area contributed by atoms with Gasteiger partial charge in [0.2, 0.25) is 0 Å². The Kier molecular flexibility index (Phi) is 4.67. The van der Waals surface area contributed by atoms with E-state index in [0.29, 0.717) is 17.0 Å². The predicted octanol–water partition coefficient (Wildman–Crippen LogP) is 2.13. The predicted molar refractivity (Wildman–Crippen MR) is 75.1 cm³/mol. The molecule has 0 aliphatic heterocycles. The molecule has 0 saturated heterocycles. The van der Waals surface area contributed by atoms with Crippen LogP contribution in [-0.2, 0) is 0 Å². The summed E-state index contributed by atoms with van der Waals surface area (Å²) in [5.74, 6) is 5.58. The summed E-state index contributed by atoms with van der Waals surface area (Å²) in [5, 5.41) is 11.4.